The number of carbonyl (C=O) groups is 2. The molecule has 0 radical (unpaired) electrons. The van der Waals surface area contributed by atoms with Gasteiger partial charge in [0.2, 0.25) is 0 Å². The Bertz CT molecular complexity index is 983. The normalized spacial score (nSPS) is 11.1. The van der Waals surface area contributed by atoms with E-state index in [4.69, 9.17) is 0 Å². The van der Waals surface area contributed by atoms with Crippen molar-refractivity contribution in [2.24, 2.45) is 0 Å². The Morgan fingerprint density at radius 3 is 2.33 bits per heavy atom. The van der Waals surface area contributed by atoms with Crippen LogP contribution in [0, 0.1) is 0 Å². The Hall–Kier alpha value is -2.09. The molecule has 1 aromatic heterocycles. The zero-order valence-corrected chi connectivity index (χ0v) is 17.8. The van der Waals surface area contributed by atoms with Crippen molar-refractivity contribution in [2.45, 2.75) is 6.92 Å². The van der Waals surface area contributed by atoms with Gasteiger partial charge in [0, 0.05) is 28.7 Å². The van der Waals surface area contributed by atoms with E-state index < -0.39 is 0 Å². The second-order valence-electron chi connectivity index (χ2n) is 6.50. The van der Waals surface area contributed by atoms with Gasteiger partial charge in [-0.3, -0.25) is 14.5 Å². The molecule has 0 spiro atoms. The molecule has 0 aliphatic rings. The zero-order chi connectivity index (χ0) is 19.6. The van der Waals surface area contributed by atoms with Crippen LogP contribution in [0.15, 0.2) is 46.9 Å². The number of aromatic nitrogens is 1. The van der Waals surface area contributed by atoms with Gasteiger partial charge in [0.15, 0.2) is 10.9 Å². The van der Waals surface area contributed by atoms with Crippen molar-refractivity contribution in [1.29, 1.82) is 0 Å². The van der Waals surface area contributed by atoms with Crippen LogP contribution >= 0.6 is 27.3 Å². The van der Waals surface area contributed by atoms with E-state index in [0.717, 1.165) is 21.2 Å². The van der Waals surface area contributed by atoms with E-state index in [1.54, 1.807) is 29.2 Å². The number of amides is 1. The minimum atomic E-state index is -0.120. The van der Waals surface area contributed by atoms with Crippen LogP contribution in [-0.2, 0) is 0 Å². The second kappa shape index (κ2) is 8.29. The van der Waals surface area contributed by atoms with E-state index >= 15 is 0 Å². The fraction of sp³-hybridized carbons (Fsp3) is 0.250. The Kier molecular flexibility index (Phi) is 6.04. The number of hydrogen-bond acceptors (Lipinski definition) is 5. The minimum absolute atomic E-state index is 0.0183. The molecular formula is C20H20BrN3O2S. The maximum Gasteiger partial charge on any atom is 0.260 e. The maximum absolute atomic E-state index is 13.2. The third-order valence-corrected chi connectivity index (χ3v) is 5.66. The van der Waals surface area contributed by atoms with E-state index in [9.17, 15) is 9.59 Å². The first-order valence-electron chi connectivity index (χ1n) is 8.49. The molecule has 7 heteroatoms. The van der Waals surface area contributed by atoms with E-state index in [0.29, 0.717) is 22.8 Å². The van der Waals surface area contributed by atoms with Crippen LogP contribution in [0.25, 0.3) is 10.2 Å². The Balaban J connectivity index is 1.95. The lowest BCUT2D eigenvalue weighted by Crippen LogP contribution is -2.36. The molecule has 0 N–H and O–H groups in total. The third-order valence-electron chi connectivity index (χ3n) is 4.12. The van der Waals surface area contributed by atoms with Crippen LogP contribution in [0.3, 0.4) is 0 Å². The number of anilines is 1. The van der Waals surface area contributed by atoms with Gasteiger partial charge in [0.25, 0.3) is 5.91 Å². The molecule has 0 unspecified atom stereocenters. The first-order chi connectivity index (χ1) is 12.8. The molecule has 0 atom stereocenters. The van der Waals surface area contributed by atoms with Crippen LogP contribution in [-0.4, -0.2) is 48.8 Å². The quantitative estimate of drug-likeness (QED) is 0.525. The average molecular weight is 446 g/mol. The van der Waals surface area contributed by atoms with Crippen LogP contribution in [0.4, 0.5) is 5.13 Å². The van der Waals surface area contributed by atoms with Gasteiger partial charge in [0.05, 0.1) is 10.2 Å². The van der Waals surface area contributed by atoms with E-state index in [-0.39, 0.29) is 11.7 Å². The lowest BCUT2D eigenvalue weighted by atomic mass is 10.1. The molecule has 0 aliphatic carbocycles. The van der Waals surface area contributed by atoms with Gasteiger partial charge in [-0.05, 0) is 51.4 Å². The number of likely N-dealkylation sites (N-methyl/N-ethyl adjacent to an activating group) is 1. The van der Waals surface area contributed by atoms with Gasteiger partial charge in [0.1, 0.15) is 0 Å². The van der Waals surface area contributed by atoms with E-state index in [1.807, 2.05) is 37.2 Å². The summed E-state index contributed by atoms with van der Waals surface area (Å²) in [6.45, 7) is 2.76. The third kappa shape index (κ3) is 4.61. The van der Waals surface area contributed by atoms with Crippen LogP contribution < -0.4 is 4.90 Å². The standard InChI is InChI=1S/C20H20BrN3O2S/c1-13(25)14-4-6-15(7-5-14)19(26)24(11-10-23(2)3)20-22-17-9-8-16(21)12-18(17)27-20/h4-9,12H,10-11H2,1-3H3. The van der Waals surface area contributed by atoms with Crippen molar-refractivity contribution < 1.29 is 9.59 Å². The summed E-state index contributed by atoms with van der Waals surface area (Å²) >= 11 is 4.97. The van der Waals surface area contributed by atoms with Crippen molar-refractivity contribution in [2.75, 3.05) is 32.1 Å². The van der Waals surface area contributed by atoms with Crippen LogP contribution in [0.2, 0.25) is 0 Å². The lowest BCUT2D eigenvalue weighted by Gasteiger charge is -2.22. The van der Waals surface area contributed by atoms with Crippen molar-refractivity contribution in [1.82, 2.24) is 9.88 Å². The monoisotopic (exact) mass is 445 g/mol. The summed E-state index contributed by atoms with van der Waals surface area (Å²) in [6.07, 6.45) is 0. The summed E-state index contributed by atoms with van der Waals surface area (Å²) in [5, 5.41) is 0.672. The fourth-order valence-corrected chi connectivity index (χ4v) is 4.13. The molecule has 3 rings (SSSR count). The smallest absolute Gasteiger partial charge is 0.260 e. The number of fused-ring (bicyclic) bond motifs is 1. The number of hydrogen-bond donors (Lipinski definition) is 0. The molecule has 0 saturated heterocycles. The van der Waals surface area contributed by atoms with Crippen molar-refractivity contribution >= 4 is 54.3 Å². The molecule has 2 aromatic carbocycles. The van der Waals surface area contributed by atoms with Gasteiger partial charge in [-0.25, -0.2) is 4.98 Å². The fourth-order valence-electron chi connectivity index (χ4n) is 2.59. The van der Waals surface area contributed by atoms with E-state index in [2.05, 4.69) is 20.9 Å². The number of nitrogens with zero attached hydrogens (tertiary/aromatic N) is 3. The lowest BCUT2D eigenvalue weighted by molar-refractivity contribution is 0.0981. The summed E-state index contributed by atoms with van der Waals surface area (Å²) in [6, 6.07) is 12.7. The number of benzene rings is 2. The highest BCUT2D eigenvalue weighted by Gasteiger charge is 2.21. The molecule has 0 aliphatic heterocycles. The highest BCUT2D eigenvalue weighted by molar-refractivity contribution is 9.10. The average Bonchev–Trinajstić information content (AvgIpc) is 3.04. The van der Waals surface area contributed by atoms with Crippen LogP contribution in [0.1, 0.15) is 27.6 Å². The molecule has 0 fully saturated rings. The highest BCUT2D eigenvalue weighted by atomic mass is 79.9. The predicted molar refractivity (Wildman–Crippen MR) is 114 cm³/mol. The number of ketones is 1. The first-order valence-corrected chi connectivity index (χ1v) is 10.1. The minimum Gasteiger partial charge on any atom is -0.308 e. The van der Waals surface area contributed by atoms with Gasteiger partial charge < -0.3 is 4.90 Å². The summed E-state index contributed by atoms with van der Waals surface area (Å²) in [5.41, 5.74) is 2.00. The number of halogens is 1. The summed E-state index contributed by atoms with van der Waals surface area (Å²) in [4.78, 5) is 33.0. The molecule has 140 valence electrons. The molecule has 0 saturated carbocycles. The molecule has 1 amide bonds. The van der Waals surface area contributed by atoms with Crippen molar-refractivity contribution in [3.8, 4) is 0 Å². The summed E-state index contributed by atoms with van der Waals surface area (Å²) in [5.74, 6) is -0.139. The molecule has 3 aromatic rings. The Morgan fingerprint density at radius 1 is 1.04 bits per heavy atom. The molecule has 1 heterocycles. The van der Waals surface area contributed by atoms with Crippen molar-refractivity contribution in [3.05, 3.63) is 58.1 Å². The van der Waals surface area contributed by atoms with Crippen LogP contribution in [0.5, 0.6) is 0 Å². The van der Waals surface area contributed by atoms with Gasteiger partial charge in [-0.15, -0.1) is 0 Å². The summed E-state index contributed by atoms with van der Waals surface area (Å²) in [7, 11) is 3.94. The van der Waals surface area contributed by atoms with Gasteiger partial charge >= 0.3 is 0 Å². The molecule has 5 nitrogen and oxygen atoms in total. The Labute approximate surface area is 170 Å². The van der Waals surface area contributed by atoms with Gasteiger partial charge in [-0.1, -0.05) is 39.4 Å². The number of rotatable bonds is 6. The zero-order valence-electron chi connectivity index (χ0n) is 15.4. The molecular weight excluding hydrogens is 426 g/mol. The van der Waals surface area contributed by atoms with E-state index in [1.165, 1.54) is 18.3 Å². The molecule has 0 bridgehead atoms. The second-order valence-corrected chi connectivity index (χ2v) is 8.43. The number of Topliss-reactive ketones (excluding diaryl/α,β-unsaturated/α-hetero) is 1. The number of thiazole rings is 1. The SMILES string of the molecule is CC(=O)c1ccc(C(=O)N(CCN(C)C)c2nc3ccc(Br)cc3s2)cc1. The maximum atomic E-state index is 13.2. The first kappa shape index (κ1) is 19.7. The Morgan fingerprint density at radius 2 is 1.70 bits per heavy atom. The molecule has 27 heavy (non-hydrogen) atoms. The highest BCUT2D eigenvalue weighted by Crippen LogP contribution is 2.31. The van der Waals surface area contributed by atoms with Gasteiger partial charge in [-0.2, -0.15) is 0 Å². The number of carbonyl (C=O) groups excluding carboxylic acids is 2. The van der Waals surface area contributed by atoms with Crippen molar-refractivity contribution in [3.63, 3.8) is 0 Å². The topological polar surface area (TPSA) is 53.5 Å². The summed E-state index contributed by atoms with van der Waals surface area (Å²) < 4.78 is 2.00. The predicted octanol–water partition coefficient (Wildman–Crippen LogP) is 4.47. The largest absolute Gasteiger partial charge is 0.308 e.